The Balaban J connectivity index is 0.00000208. The van der Waals surface area contributed by atoms with Crippen molar-refractivity contribution in [3.8, 4) is 11.3 Å². The van der Waals surface area contributed by atoms with E-state index < -0.39 is 0 Å². The first-order valence-corrected chi connectivity index (χ1v) is 7.89. The standard InChI is InChI=1S/C16H18ClN3O3.ClH/c17-14-4-2-1-3-13(14)15-7-12(23-20-15)10-19-16(21)8-11-9-18-5-6-22-11;/h1-4,7,11,18H,5-6,8-10H2,(H,19,21);1H. The lowest BCUT2D eigenvalue weighted by atomic mass is 10.1. The number of nitrogens with one attached hydrogen (secondary N) is 2. The number of nitrogens with zero attached hydrogens (tertiary/aromatic N) is 1. The van der Waals surface area contributed by atoms with Crippen molar-refractivity contribution in [2.75, 3.05) is 19.7 Å². The average Bonchev–Trinajstić information content (AvgIpc) is 3.03. The summed E-state index contributed by atoms with van der Waals surface area (Å²) in [5.74, 6) is 0.505. The van der Waals surface area contributed by atoms with Crippen molar-refractivity contribution in [3.63, 3.8) is 0 Å². The normalized spacial score (nSPS) is 17.1. The van der Waals surface area contributed by atoms with E-state index in [9.17, 15) is 4.79 Å². The predicted octanol–water partition coefficient (Wildman–Crippen LogP) is 2.41. The highest BCUT2D eigenvalue weighted by atomic mass is 35.5. The second-order valence-corrected chi connectivity index (χ2v) is 5.74. The van der Waals surface area contributed by atoms with Gasteiger partial charge < -0.3 is 19.9 Å². The molecule has 130 valence electrons. The molecule has 2 aromatic rings. The molecule has 1 atom stereocenters. The summed E-state index contributed by atoms with van der Waals surface area (Å²) in [6, 6.07) is 9.19. The Bertz CT molecular complexity index is 672. The van der Waals surface area contributed by atoms with E-state index in [2.05, 4.69) is 15.8 Å². The van der Waals surface area contributed by atoms with Crippen molar-refractivity contribution in [2.45, 2.75) is 19.1 Å². The van der Waals surface area contributed by atoms with Crippen LogP contribution in [0.15, 0.2) is 34.9 Å². The molecule has 1 fully saturated rings. The summed E-state index contributed by atoms with van der Waals surface area (Å²) in [5, 5.41) is 10.6. The molecule has 24 heavy (non-hydrogen) atoms. The van der Waals surface area contributed by atoms with Crippen LogP contribution in [-0.2, 0) is 16.1 Å². The molecule has 3 rings (SSSR count). The molecule has 0 radical (unpaired) electrons. The molecule has 1 unspecified atom stereocenters. The fourth-order valence-corrected chi connectivity index (χ4v) is 2.64. The quantitative estimate of drug-likeness (QED) is 0.843. The second-order valence-electron chi connectivity index (χ2n) is 5.34. The third-order valence-corrected chi connectivity index (χ3v) is 3.92. The summed E-state index contributed by atoms with van der Waals surface area (Å²) in [4.78, 5) is 11.9. The average molecular weight is 372 g/mol. The van der Waals surface area contributed by atoms with E-state index in [0.717, 1.165) is 12.1 Å². The van der Waals surface area contributed by atoms with E-state index in [1.54, 1.807) is 12.1 Å². The van der Waals surface area contributed by atoms with Gasteiger partial charge in [0.05, 0.1) is 30.7 Å². The largest absolute Gasteiger partial charge is 0.375 e. The van der Waals surface area contributed by atoms with Gasteiger partial charge in [0.15, 0.2) is 5.76 Å². The molecule has 1 amide bonds. The number of hydrogen-bond donors (Lipinski definition) is 2. The Kier molecular flexibility index (Phi) is 7.05. The molecule has 8 heteroatoms. The van der Waals surface area contributed by atoms with E-state index in [0.29, 0.717) is 36.0 Å². The van der Waals surface area contributed by atoms with E-state index >= 15 is 0 Å². The van der Waals surface area contributed by atoms with Gasteiger partial charge in [0.2, 0.25) is 5.91 Å². The van der Waals surface area contributed by atoms with Gasteiger partial charge in [-0.3, -0.25) is 4.79 Å². The van der Waals surface area contributed by atoms with E-state index in [4.69, 9.17) is 20.9 Å². The highest BCUT2D eigenvalue weighted by molar-refractivity contribution is 6.33. The highest BCUT2D eigenvalue weighted by Crippen LogP contribution is 2.26. The molecule has 0 saturated carbocycles. The zero-order valence-corrected chi connectivity index (χ0v) is 14.5. The topological polar surface area (TPSA) is 76.4 Å². The number of benzene rings is 1. The lowest BCUT2D eigenvalue weighted by Crippen LogP contribution is -2.41. The number of ether oxygens (including phenoxy) is 1. The third-order valence-electron chi connectivity index (χ3n) is 3.59. The summed E-state index contributed by atoms with van der Waals surface area (Å²) in [7, 11) is 0. The van der Waals surface area contributed by atoms with Gasteiger partial charge in [-0.1, -0.05) is 35.0 Å². The maximum Gasteiger partial charge on any atom is 0.223 e. The molecule has 1 aromatic heterocycles. The number of hydrogen-bond acceptors (Lipinski definition) is 5. The number of morpholine rings is 1. The fraction of sp³-hybridized carbons (Fsp3) is 0.375. The Hall–Kier alpha value is -1.60. The van der Waals surface area contributed by atoms with Crippen molar-refractivity contribution in [3.05, 3.63) is 41.1 Å². The molecule has 1 aliphatic rings. The third kappa shape index (κ3) is 4.95. The molecule has 0 spiro atoms. The second kappa shape index (κ2) is 9.03. The lowest BCUT2D eigenvalue weighted by Gasteiger charge is -2.22. The summed E-state index contributed by atoms with van der Waals surface area (Å²) in [6.07, 6.45) is 0.260. The van der Waals surface area contributed by atoms with Gasteiger partial charge in [0.1, 0.15) is 5.69 Å². The zero-order valence-electron chi connectivity index (χ0n) is 13.0. The minimum atomic E-state index is -0.0746. The molecule has 6 nitrogen and oxygen atoms in total. The number of carbonyl (C=O) groups excluding carboxylic acids is 1. The number of carbonyl (C=O) groups is 1. The molecule has 2 N–H and O–H groups in total. The van der Waals surface area contributed by atoms with Gasteiger partial charge in [0.25, 0.3) is 0 Å². The summed E-state index contributed by atoms with van der Waals surface area (Å²) < 4.78 is 10.7. The molecule has 1 aliphatic heterocycles. The zero-order chi connectivity index (χ0) is 16.1. The lowest BCUT2D eigenvalue weighted by molar-refractivity contribution is -0.124. The first-order chi connectivity index (χ1) is 11.2. The first-order valence-electron chi connectivity index (χ1n) is 7.52. The van der Waals surface area contributed by atoms with Crippen LogP contribution in [0.4, 0.5) is 0 Å². The van der Waals surface area contributed by atoms with E-state index in [1.807, 2.05) is 18.2 Å². The maximum absolute atomic E-state index is 11.9. The van der Waals surface area contributed by atoms with Crippen molar-refractivity contribution in [1.29, 1.82) is 0 Å². The summed E-state index contributed by atoms with van der Waals surface area (Å²) in [6.45, 7) is 2.46. The first kappa shape index (κ1) is 18.7. The molecular weight excluding hydrogens is 353 g/mol. The van der Waals surface area contributed by atoms with Crippen molar-refractivity contribution in [2.24, 2.45) is 0 Å². The predicted molar refractivity (Wildman–Crippen MR) is 93.3 cm³/mol. The molecule has 1 saturated heterocycles. The van der Waals surface area contributed by atoms with Crippen LogP contribution < -0.4 is 10.6 Å². The fourth-order valence-electron chi connectivity index (χ4n) is 2.41. The number of aromatic nitrogens is 1. The van der Waals surface area contributed by atoms with Crippen molar-refractivity contribution >= 4 is 29.9 Å². The van der Waals surface area contributed by atoms with Crippen LogP contribution in [0.1, 0.15) is 12.2 Å². The summed E-state index contributed by atoms with van der Waals surface area (Å²) >= 11 is 6.13. The maximum atomic E-state index is 11.9. The van der Waals surface area contributed by atoms with Crippen LogP contribution in [0.2, 0.25) is 5.02 Å². The number of amides is 1. The smallest absolute Gasteiger partial charge is 0.223 e. The SMILES string of the molecule is Cl.O=C(CC1CNCCO1)NCc1cc(-c2ccccc2Cl)no1. The van der Waals surface area contributed by atoms with Crippen LogP contribution >= 0.6 is 24.0 Å². The van der Waals surface area contributed by atoms with Crippen molar-refractivity contribution in [1.82, 2.24) is 15.8 Å². The highest BCUT2D eigenvalue weighted by Gasteiger charge is 2.17. The Morgan fingerprint density at radius 3 is 3.00 bits per heavy atom. The number of halogens is 2. The molecule has 2 heterocycles. The van der Waals surface area contributed by atoms with Gasteiger partial charge >= 0.3 is 0 Å². The van der Waals surface area contributed by atoms with Crippen molar-refractivity contribution < 1.29 is 14.1 Å². The number of rotatable bonds is 5. The Morgan fingerprint density at radius 2 is 2.25 bits per heavy atom. The van der Waals surface area contributed by atoms with Gasteiger partial charge in [-0.25, -0.2) is 0 Å². The van der Waals surface area contributed by atoms with Gasteiger partial charge in [-0.15, -0.1) is 12.4 Å². The van der Waals surface area contributed by atoms with E-state index in [-0.39, 0.29) is 31.0 Å². The van der Waals surface area contributed by atoms with Crippen LogP contribution in [0.5, 0.6) is 0 Å². The molecular formula is C16H19Cl2N3O3. The van der Waals surface area contributed by atoms with Crippen LogP contribution in [0.25, 0.3) is 11.3 Å². The van der Waals surface area contributed by atoms with Gasteiger partial charge in [0, 0.05) is 24.7 Å². The Morgan fingerprint density at radius 1 is 1.42 bits per heavy atom. The van der Waals surface area contributed by atoms with Gasteiger partial charge in [-0.2, -0.15) is 0 Å². The van der Waals surface area contributed by atoms with E-state index in [1.165, 1.54) is 0 Å². The van der Waals surface area contributed by atoms with Crippen LogP contribution in [0, 0.1) is 0 Å². The minimum Gasteiger partial charge on any atom is -0.375 e. The minimum absolute atomic E-state index is 0. The van der Waals surface area contributed by atoms with Crippen LogP contribution in [0.3, 0.4) is 0 Å². The summed E-state index contributed by atoms with van der Waals surface area (Å²) in [5.41, 5.74) is 1.46. The molecule has 0 bridgehead atoms. The van der Waals surface area contributed by atoms with Gasteiger partial charge in [-0.05, 0) is 6.07 Å². The molecule has 0 aliphatic carbocycles. The monoisotopic (exact) mass is 371 g/mol. The molecule has 1 aromatic carbocycles. The van der Waals surface area contributed by atoms with Crippen LogP contribution in [-0.4, -0.2) is 36.9 Å². The Labute approximate surface area is 151 Å².